The second-order valence-corrected chi connectivity index (χ2v) is 21.5. The zero-order valence-electron chi connectivity index (χ0n) is 45.2. The first-order valence-corrected chi connectivity index (χ1v) is 27.2. The number of hydrogen-bond acceptors (Lipinski definition) is 14. The number of fused-ring (bicyclic) bond motifs is 2. The molecule has 0 radical (unpaired) electrons. The molecule has 6 aromatic rings. The monoisotopic (exact) mass is 1090 g/mol. The number of anilines is 2. The van der Waals surface area contributed by atoms with Gasteiger partial charge in [0.05, 0.1) is 55.6 Å². The number of nitrogens with one attached hydrogen (secondary N) is 3. The van der Waals surface area contributed by atoms with Crippen LogP contribution >= 0.6 is 0 Å². The molecule has 4 fully saturated rings. The first-order valence-electron chi connectivity index (χ1n) is 27.2. The van der Waals surface area contributed by atoms with Crippen LogP contribution in [0.25, 0.3) is 32.9 Å². The number of methoxy groups -OCH3 is 1. The number of amides is 5. The smallest absolute Gasteiger partial charge is 0.332 e. The molecule has 5 amide bonds. The molecule has 80 heavy (non-hydrogen) atoms. The molecule has 3 aromatic heterocycles. The van der Waals surface area contributed by atoms with Crippen molar-refractivity contribution in [2.24, 2.45) is 18.7 Å². The van der Waals surface area contributed by atoms with Gasteiger partial charge in [0, 0.05) is 98.5 Å². The number of carboxylic acids is 1. The van der Waals surface area contributed by atoms with E-state index in [4.69, 9.17) is 25.2 Å². The van der Waals surface area contributed by atoms with Gasteiger partial charge in [-0.05, 0) is 93.0 Å². The number of aromatic nitrogens is 4. The predicted octanol–water partition coefficient (Wildman–Crippen LogP) is 4.56. The predicted molar refractivity (Wildman–Crippen MR) is 300 cm³/mol. The number of hydrogen-bond donors (Lipinski definition) is 6. The van der Waals surface area contributed by atoms with E-state index < -0.39 is 60.8 Å². The van der Waals surface area contributed by atoms with E-state index in [1.807, 2.05) is 54.7 Å². The van der Waals surface area contributed by atoms with E-state index in [-0.39, 0.29) is 36.8 Å². The number of piperidine rings is 2. The number of rotatable bonds is 19. The summed E-state index contributed by atoms with van der Waals surface area (Å²) in [5.41, 5.74) is 9.16. The zero-order chi connectivity index (χ0) is 56.3. The van der Waals surface area contributed by atoms with E-state index in [0.29, 0.717) is 46.7 Å². The van der Waals surface area contributed by atoms with Gasteiger partial charge in [0.25, 0.3) is 5.56 Å². The number of H-pyrrole nitrogens is 1. The van der Waals surface area contributed by atoms with Crippen molar-refractivity contribution in [3.8, 4) is 28.7 Å². The fourth-order valence-electron chi connectivity index (χ4n) is 11.3. The van der Waals surface area contributed by atoms with Crippen molar-refractivity contribution in [2.45, 2.75) is 88.0 Å². The van der Waals surface area contributed by atoms with Crippen molar-refractivity contribution in [1.82, 2.24) is 40.0 Å². The number of pyridine rings is 1. The highest BCUT2D eigenvalue weighted by atomic mass is 16.5. The molecule has 10 rings (SSSR count). The third-order valence-corrected chi connectivity index (χ3v) is 16.1. The van der Waals surface area contributed by atoms with Crippen LogP contribution in [0.3, 0.4) is 0 Å². The Balaban J connectivity index is 0.785. The van der Waals surface area contributed by atoms with Gasteiger partial charge in [0.15, 0.2) is 5.60 Å². The fraction of sp³-hybridized carbons (Fsp3) is 0.424. The van der Waals surface area contributed by atoms with Crippen molar-refractivity contribution in [1.29, 1.82) is 0 Å². The standard InChI is InChI=1S/C59H67N11O10/c1-58(63-23-7-8-37-11-16-48(79-3)47(30-37)69-27-20-50(73)70(57(69)78)36-62-54(76)39(32-49(60)72)33-51(74)75)21-28-67(29-22-58)41-18-25-68(26-19-41)56-64-46-15-12-38(45-34-66(2)55(77)52-43(45)17-24-61-52)31-44(46)53(65-56)59(35-71,80-42-13-14-42)40-9-5-4-6-10-40/h4-6,9-12,15-17,24,30-31,34,39,41-42,61,63,71H,13-14,18-23,25-29,32-33,35-36H2,1-3H3,(H2,60,72)(H,62,76)(H,74,75)/t39-,59-/m0/s1. The number of carboxylic acid groups (broad SMARTS) is 1. The van der Waals surface area contributed by atoms with Crippen molar-refractivity contribution in [3.63, 3.8) is 0 Å². The third-order valence-electron chi connectivity index (χ3n) is 16.1. The Bertz CT molecular complexity index is 3450. The number of nitrogens with two attached hydrogens (primary N) is 1. The Hall–Kier alpha value is -8.16. The number of primary amides is 1. The van der Waals surface area contributed by atoms with Crippen LogP contribution in [0.15, 0.2) is 90.0 Å². The number of aromatic amines is 1. The molecule has 4 aliphatic rings. The number of benzene rings is 3. The lowest BCUT2D eigenvalue weighted by Gasteiger charge is -2.45. The number of nitrogens with zero attached hydrogens (tertiary/aromatic N) is 7. The molecule has 3 aromatic carbocycles. The maximum absolute atomic E-state index is 13.7. The molecule has 2 atom stereocenters. The van der Waals surface area contributed by atoms with Crippen molar-refractivity contribution >= 4 is 63.2 Å². The van der Waals surface area contributed by atoms with Crippen LogP contribution < -0.4 is 36.5 Å². The molecule has 3 saturated heterocycles. The van der Waals surface area contributed by atoms with Gasteiger partial charge in [-0.25, -0.2) is 19.7 Å². The molecule has 0 bridgehead atoms. The van der Waals surface area contributed by atoms with Gasteiger partial charge in [-0.3, -0.25) is 28.9 Å². The van der Waals surface area contributed by atoms with Crippen LogP contribution in [0.2, 0.25) is 0 Å². The quantitative estimate of drug-likeness (QED) is 0.0607. The summed E-state index contributed by atoms with van der Waals surface area (Å²) in [6.07, 6.45) is 7.91. The molecule has 0 spiro atoms. The first-order chi connectivity index (χ1) is 38.6. The highest BCUT2D eigenvalue weighted by Crippen LogP contribution is 2.44. The van der Waals surface area contributed by atoms with E-state index >= 15 is 0 Å². The summed E-state index contributed by atoms with van der Waals surface area (Å²) in [5.74, 6) is 2.63. The zero-order valence-corrected chi connectivity index (χ0v) is 45.2. The van der Waals surface area contributed by atoms with E-state index in [1.54, 1.807) is 36.0 Å². The van der Waals surface area contributed by atoms with E-state index in [9.17, 15) is 39.0 Å². The molecule has 6 heterocycles. The summed E-state index contributed by atoms with van der Waals surface area (Å²) >= 11 is 0. The molecule has 21 nitrogen and oxygen atoms in total. The highest BCUT2D eigenvalue weighted by Gasteiger charge is 2.44. The highest BCUT2D eigenvalue weighted by molar-refractivity contribution is 6.06. The second-order valence-electron chi connectivity index (χ2n) is 21.5. The Morgan fingerprint density at radius 1 is 0.938 bits per heavy atom. The van der Waals surface area contributed by atoms with Gasteiger partial charge >= 0.3 is 12.0 Å². The Morgan fingerprint density at radius 3 is 2.40 bits per heavy atom. The van der Waals surface area contributed by atoms with Crippen molar-refractivity contribution in [3.05, 3.63) is 112 Å². The summed E-state index contributed by atoms with van der Waals surface area (Å²) in [4.78, 5) is 96.1. The van der Waals surface area contributed by atoms with Crippen LogP contribution in [-0.4, -0.2) is 147 Å². The van der Waals surface area contributed by atoms with Gasteiger partial charge in [-0.1, -0.05) is 48.2 Å². The number of carbonyl (C=O) groups excluding carboxylic acids is 4. The molecule has 1 aliphatic carbocycles. The number of aliphatic hydroxyl groups is 1. The Labute approximate surface area is 462 Å². The average Bonchev–Trinajstić information content (AvgIpc) is 4.22. The normalized spacial score (nSPS) is 18.2. The molecule has 0 unspecified atom stereocenters. The van der Waals surface area contributed by atoms with Crippen molar-refractivity contribution < 1.29 is 43.7 Å². The van der Waals surface area contributed by atoms with E-state index in [2.05, 4.69) is 50.2 Å². The Morgan fingerprint density at radius 2 is 1.70 bits per heavy atom. The minimum absolute atomic E-state index is 0.0180. The molecular formula is C59H67N11O10. The lowest BCUT2D eigenvalue weighted by atomic mass is 9.87. The number of aliphatic hydroxyl groups excluding tert-OH is 1. The lowest BCUT2D eigenvalue weighted by molar-refractivity contribution is -0.142. The average molecular weight is 1090 g/mol. The second kappa shape index (κ2) is 23.3. The van der Waals surface area contributed by atoms with E-state index in [0.717, 1.165) is 103 Å². The minimum Gasteiger partial charge on any atom is -0.495 e. The van der Waals surface area contributed by atoms with Gasteiger partial charge < -0.3 is 55.4 Å². The number of likely N-dealkylation sites (tertiary alicyclic amines) is 1. The first kappa shape index (κ1) is 55.2. The lowest BCUT2D eigenvalue weighted by Crippen LogP contribution is -2.56. The molecule has 418 valence electrons. The number of ether oxygens (including phenoxy) is 2. The molecule has 1 saturated carbocycles. The topological polar surface area (TPSA) is 271 Å². The van der Waals surface area contributed by atoms with E-state index in [1.165, 1.54) is 12.0 Å². The van der Waals surface area contributed by atoms with Gasteiger partial charge in [-0.15, -0.1) is 0 Å². The van der Waals surface area contributed by atoms with Gasteiger partial charge in [0.2, 0.25) is 23.7 Å². The number of carbonyl (C=O) groups is 5. The number of aryl methyl sites for hydroxylation is 1. The SMILES string of the molecule is COc1ccc(C#CCNC2(C)CCN(C3CCN(c4nc([C@@](CO)(OC5CC5)c5ccccc5)c5cc(-c6cn(C)c(=O)c7[nH]ccc67)ccc5n4)CC3)CC2)cc1N1CCC(=O)N(CNC(=O)[C@@H](CC(N)=O)CC(=O)O)C1=O. The van der Waals surface area contributed by atoms with Crippen molar-refractivity contribution in [2.75, 3.05) is 69.5 Å². The van der Waals surface area contributed by atoms with Crippen LogP contribution in [0.1, 0.15) is 81.5 Å². The summed E-state index contributed by atoms with van der Waals surface area (Å²) < 4.78 is 14.1. The number of imide groups is 1. The summed E-state index contributed by atoms with van der Waals surface area (Å²) in [5, 5.41) is 28.5. The van der Waals surface area contributed by atoms with Gasteiger partial charge in [-0.2, -0.15) is 0 Å². The molecule has 3 aliphatic heterocycles. The third kappa shape index (κ3) is 11.6. The number of aliphatic carboxylic acids is 1. The summed E-state index contributed by atoms with van der Waals surface area (Å²) in [6.45, 7) is 5.20. The van der Waals surface area contributed by atoms with Gasteiger partial charge in [0.1, 0.15) is 17.9 Å². The maximum atomic E-state index is 13.7. The van der Waals surface area contributed by atoms with Crippen LogP contribution in [0.4, 0.5) is 16.4 Å². The van der Waals surface area contributed by atoms with Crippen LogP contribution in [0.5, 0.6) is 5.75 Å². The largest absolute Gasteiger partial charge is 0.495 e. The Kier molecular flexibility index (Phi) is 16.1. The summed E-state index contributed by atoms with van der Waals surface area (Å²) in [7, 11) is 3.22. The maximum Gasteiger partial charge on any atom is 0.332 e. The molecule has 7 N–H and O–H groups in total. The number of urea groups is 1. The van der Waals surface area contributed by atoms with Crippen LogP contribution in [-0.2, 0) is 36.6 Å². The minimum atomic E-state index is -1.30. The van der Waals surface area contributed by atoms with Crippen LogP contribution in [0, 0.1) is 17.8 Å². The molecular weight excluding hydrogens is 1020 g/mol. The molecule has 21 heteroatoms. The summed E-state index contributed by atoms with van der Waals surface area (Å²) in [6, 6.07) is 22.7. The fourth-order valence-corrected chi connectivity index (χ4v) is 11.3.